The molecule has 3 aliphatic rings. The summed E-state index contributed by atoms with van der Waals surface area (Å²) in [4.78, 5) is 4.78. The van der Waals surface area contributed by atoms with Crippen molar-refractivity contribution < 1.29 is 0 Å². The average molecular weight is 354 g/mol. The summed E-state index contributed by atoms with van der Waals surface area (Å²) in [5, 5.41) is 4.33. The highest BCUT2D eigenvalue weighted by atomic mass is 28.2. The van der Waals surface area contributed by atoms with Crippen LogP contribution in [0, 0.1) is 0 Å². The van der Waals surface area contributed by atoms with Gasteiger partial charge in [-0.05, 0) is 72.4 Å². The van der Waals surface area contributed by atoms with E-state index in [2.05, 4.69) is 76.2 Å². The van der Waals surface area contributed by atoms with E-state index in [1.807, 2.05) is 0 Å². The van der Waals surface area contributed by atoms with Crippen LogP contribution in [0.5, 0.6) is 0 Å². The second-order valence-corrected chi connectivity index (χ2v) is 9.80. The SMILES string of the molecule is CC1=Cc2c(ccc3ccccc23)C1[SiH2]C1=C(C)C2=C(C)C(C)=NC2=C1. The highest BCUT2D eigenvalue weighted by Crippen LogP contribution is 2.43. The van der Waals surface area contributed by atoms with E-state index in [9.17, 15) is 0 Å². The Balaban J connectivity index is 1.56. The molecule has 1 atom stereocenters. The molecule has 128 valence electrons. The zero-order chi connectivity index (χ0) is 18.0. The Kier molecular flexibility index (Phi) is 3.35. The normalized spacial score (nSPS) is 21.7. The molecule has 0 aromatic heterocycles. The van der Waals surface area contributed by atoms with Gasteiger partial charge in [-0.15, -0.1) is 0 Å². The van der Waals surface area contributed by atoms with Crippen LogP contribution in [0.15, 0.2) is 80.7 Å². The van der Waals surface area contributed by atoms with Crippen molar-refractivity contribution in [2.24, 2.45) is 4.99 Å². The van der Waals surface area contributed by atoms with E-state index in [0.29, 0.717) is 5.54 Å². The quantitative estimate of drug-likeness (QED) is 0.639. The summed E-state index contributed by atoms with van der Waals surface area (Å²) < 4.78 is 0. The number of rotatable bonds is 2. The lowest BCUT2D eigenvalue weighted by atomic mass is 10.0. The van der Waals surface area contributed by atoms with Crippen LogP contribution in [0.4, 0.5) is 0 Å². The molecular weight excluding hydrogens is 330 g/mol. The first kappa shape index (κ1) is 15.8. The minimum atomic E-state index is -0.453. The summed E-state index contributed by atoms with van der Waals surface area (Å²) in [7, 11) is -0.453. The van der Waals surface area contributed by atoms with Crippen molar-refractivity contribution in [3.63, 3.8) is 0 Å². The van der Waals surface area contributed by atoms with Crippen LogP contribution < -0.4 is 0 Å². The predicted molar refractivity (Wildman–Crippen MR) is 115 cm³/mol. The maximum Gasteiger partial charge on any atom is 0.0709 e. The Bertz CT molecular complexity index is 1140. The van der Waals surface area contributed by atoms with Crippen LogP contribution in [0.1, 0.15) is 44.4 Å². The summed E-state index contributed by atoms with van der Waals surface area (Å²) in [6.07, 6.45) is 4.81. The van der Waals surface area contributed by atoms with Crippen molar-refractivity contribution in [2.45, 2.75) is 33.2 Å². The molecule has 0 spiro atoms. The first-order valence-electron chi connectivity index (χ1n) is 9.43. The van der Waals surface area contributed by atoms with Crippen LogP contribution >= 0.6 is 0 Å². The van der Waals surface area contributed by atoms with E-state index >= 15 is 0 Å². The number of hydrogen-bond donors (Lipinski definition) is 0. The number of benzene rings is 2. The molecule has 0 N–H and O–H groups in total. The first-order chi connectivity index (χ1) is 12.5. The van der Waals surface area contributed by atoms with Crippen LogP contribution in [0.2, 0.25) is 0 Å². The highest BCUT2D eigenvalue weighted by molar-refractivity contribution is 6.50. The van der Waals surface area contributed by atoms with Gasteiger partial charge in [0.05, 0.1) is 15.2 Å². The number of fused-ring (bicyclic) bond motifs is 4. The van der Waals surface area contributed by atoms with Gasteiger partial charge in [-0.25, -0.2) is 0 Å². The lowest BCUT2D eigenvalue weighted by Gasteiger charge is -2.16. The molecule has 1 heterocycles. The van der Waals surface area contributed by atoms with Gasteiger partial charge in [0.15, 0.2) is 0 Å². The van der Waals surface area contributed by atoms with E-state index in [-0.39, 0.29) is 0 Å². The third-order valence-corrected chi connectivity index (χ3v) is 9.02. The van der Waals surface area contributed by atoms with Crippen molar-refractivity contribution in [1.82, 2.24) is 0 Å². The molecule has 0 fully saturated rings. The summed E-state index contributed by atoms with van der Waals surface area (Å²) in [6, 6.07) is 13.4. The molecule has 2 aliphatic carbocycles. The summed E-state index contributed by atoms with van der Waals surface area (Å²) in [6.45, 7) is 8.95. The molecule has 0 saturated heterocycles. The molecule has 1 nitrogen and oxygen atoms in total. The Morgan fingerprint density at radius 2 is 1.69 bits per heavy atom. The molecule has 0 saturated carbocycles. The van der Waals surface area contributed by atoms with E-state index in [4.69, 9.17) is 4.99 Å². The number of hydrogen-bond acceptors (Lipinski definition) is 1. The maximum absolute atomic E-state index is 4.78. The highest BCUT2D eigenvalue weighted by Gasteiger charge is 2.30. The summed E-state index contributed by atoms with van der Waals surface area (Å²) in [5.74, 6) is 0. The topological polar surface area (TPSA) is 12.4 Å². The van der Waals surface area contributed by atoms with Crippen molar-refractivity contribution in [1.29, 1.82) is 0 Å². The molecule has 0 bridgehead atoms. The fourth-order valence-corrected chi connectivity index (χ4v) is 7.01. The van der Waals surface area contributed by atoms with Gasteiger partial charge in [0, 0.05) is 11.3 Å². The molecule has 2 heteroatoms. The predicted octanol–water partition coefficient (Wildman–Crippen LogP) is 5.43. The second-order valence-electron chi connectivity index (χ2n) is 7.81. The van der Waals surface area contributed by atoms with E-state index in [0.717, 1.165) is 0 Å². The van der Waals surface area contributed by atoms with Crippen LogP contribution in [0.3, 0.4) is 0 Å². The van der Waals surface area contributed by atoms with Crippen molar-refractivity contribution in [3.05, 3.63) is 86.8 Å². The van der Waals surface area contributed by atoms with E-state index in [1.165, 1.54) is 55.6 Å². The van der Waals surface area contributed by atoms with Gasteiger partial charge in [0.2, 0.25) is 0 Å². The van der Waals surface area contributed by atoms with Crippen molar-refractivity contribution in [3.8, 4) is 0 Å². The van der Waals surface area contributed by atoms with Gasteiger partial charge in [-0.3, -0.25) is 4.99 Å². The Morgan fingerprint density at radius 1 is 0.885 bits per heavy atom. The molecule has 0 amide bonds. The lowest BCUT2D eigenvalue weighted by molar-refractivity contribution is 1.13. The van der Waals surface area contributed by atoms with E-state index in [1.54, 1.807) is 5.20 Å². The molecule has 2 aromatic carbocycles. The van der Waals surface area contributed by atoms with Crippen molar-refractivity contribution >= 4 is 32.1 Å². The summed E-state index contributed by atoms with van der Waals surface area (Å²) >= 11 is 0. The molecule has 5 rings (SSSR count). The van der Waals surface area contributed by atoms with Gasteiger partial charge in [0.25, 0.3) is 0 Å². The van der Waals surface area contributed by atoms with Gasteiger partial charge in [-0.2, -0.15) is 0 Å². The van der Waals surface area contributed by atoms with Crippen LogP contribution in [-0.4, -0.2) is 15.2 Å². The third kappa shape index (κ3) is 2.12. The summed E-state index contributed by atoms with van der Waals surface area (Å²) in [5.41, 5.74) is 11.8. The Hall–Kier alpha value is -2.45. The van der Waals surface area contributed by atoms with Gasteiger partial charge in [-0.1, -0.05) is 53.2 Å². The van der Waals surface area contributed by atoms with Gasteiger partial charge < -0.3 is 0 Å². The molecule has 0 radical (unpaired) electrons. The monoisotopic (exact) mass is 353 g/mol. The standard InChI is InChI=1S/C24H23NSi/c1-13-11-20-18-8-6-5-7-17(18)9-10-19(20)24(13)26-22-12-21-23(15(22)3)14(2)16(4)25-21/h5-12,24H,26H2,1-4H3. The maximum atomic E-state index is 4.78. The second kappa shape index (κ2) is 5.52. The number of nitrogens with zero attached hydrogens (tertiary/aromatic N) is 1. The third-order valence-electron chi connectivity index (χ3n) is 6.36. The molecular formula is C24H23NSi. The number of aliphatic imine (C=N–C) groups is 1. The number of allylic oxidation sites excluding steroid dienone is 5. The molecule has 1 unspecified atom stereocenters. The minimum absolute atomic E-state index is 0.453. The van der Waals surface area contributed by atoms with E-state index < -0.39 is 9.52 Å². The first-order valence-corrected chi connectivity index (χ1v) is 11.0. The lowest BCUT2D eigenvalue weighted by Crippen LogP contribution is -2.10. The zero-order valence-electron chi connectivity index (χ0n) is 15.9. The molecule has 2 aromatic rings. The Labute approximate surface area is 157 Å². The fourth-order valence-electron chi connectivity index (χ4n) is 4.76. The van der Waals surface area contributed by atoms with Gasteiger partial charge >= 0.3 is 0 Å². The molecule has 26 heavy (non-hydrogen) atoms. The van der Waals surface area contributed by atoms with Gasteiger partial charge in [0.1, 0.15) is 0 Å². The Morgan fingerprint density at radius 3 is 2.50 bits per heavy atom. The zero-order valence-corrected chi connectivity index (χ0v) is 17.3. The minimum Gasteiger partial charge on any atom is -0.253 e. The fraction of sp³-hybridized carbons (Fsp3) is 0.208. The van der Waals surface area contributed by atoms with Crippen molar-refractivity contribution in [2.75, 3.05) is 0 Å². The largest absolute Gasteiger partial charge is 0.253 e. The average Bonchev–Trinajstić information content (AvgIpc) is 3.21. The van der Waals surface area contributed by atoms with Crippen LogP contribution in [-0.2, 0) is 0 Å². The smallest absolute Gasteiger partial charge is 0.0709 e. The van der Waals surface area contributed by atoms with Crippen LogP contribution in [0.25, 0.3) is 16.8 Å². The molecule has 1 aliphatic heterocycles.